The van der Waals surface area contributed by atoms with E-state index in [1.54, 1.807) is 11.9 Å². The summed E-state index contributed by atoms with van der Waals surface area (Å²) in [4.78, 5) is 35.8. The first-order valence-corrected chi connectivity index (χ1v) is 13.8. The van der Waals surface area contributed by atoms with Crippen molar-refractivity contribution in [2.24, 2.45) is 18.9 Å². The molecule has 0 unspecified atom stereocenters. The first kappa shape index (κ1) is 26.2. The minimum absolute atomic E-state index is 0.0356. The number of aliphatic carboxylic acids is 1. The van der Waals surface area contributed by atoms with Crippen LogP contribution >= 0.6 is 0 Å². The fourth-order valence-corrected chi connectivity index (χ4v) is 5.72. The molecule has 0 radical (unpaired) electrons. The zero-order chi connectivity index (χ0) is 26.5. The molecule has 10 heteroatoms. The van der Waals surface area contributed by atoms with Gasteiger partial charge in [-0.15, -0.1) is 5.10 Å². The smallest absolute Gasteiger partial charge is 0.328 e. The number of amides is 1. The summed E-state index contributed by atoms with van der Waals surface area (Å²) in [6.07, 6.45) is 8.31. The predicted molar refractivity (Wildman–Crippen MR) is 146 cm³/mol. The first-order chi connectivity index (χ1) is 18.5. The highest BCUT2D eigenvalue weighted by molar-refractivity contribution is 5.93. The summed E-state index contributed by atoms with van der Waals surface area (Å²) in [6.45, 7) is 5.88. The number of carbonyl (C=O) groups excluding carboxylic acids is 1. The number of hydrogen-bond acceptors (Lipinski definition) is 7. The highest BCUT2D eigenvalue weighted by atomic mass is 16.5. The normalized spacial score (nSPS) is 19.4. The molecule has 2 aromatic rings. The molecule has 4 heterocycles. The van der Waals surface area contributed by atoms with Crippen LogP contribution in [0.15, 0.2) is 30.3 Å². The van der Waals surface area contributed by atoms with Gasteiger partial charge in [0.25, 0.3) is 5.95 Å². The molecule has 3 aliphatic rings. The number of hydrogen-bond donors (Lipinski definition) is 1. The quantitative estimate of drug-likeness (QED) is 0.527. The lowest BCUT2D eigenvalue weighted by atomic mass is 9.94. The summed E-state index contributed by atoms with van der Waals surface area (Å²) >= 11 is 0. The number of aromatic nitrogens is 3. The Kier molecular flexibility index (Phi) is 8.26. The van der Waals surface area contributed by atoms with Crippen molar-refractivity contribution < 1.29 is 19.4 Å². The lowest BCUT2D eigenvalue weighted by Crippen LogP contribution is -2.44. The molecule has 1 aromatic heterocycles. The topological polar surface area (TPSA) is 104 Å². The van der Waals surface area contributed by atoms with Crippen LogP contribution in [0.4, 0.5) is 17.3 Å². The van der Waals surface area contributed by atoms with E-state index < -0.39 is 5.97 Å². The zero-order valence-electron chi connectivity index (χ0n) is 22.2. The maximum atomic E-state index is 13.7. The fourth-order valence-electron chi connectivity index (χ4n) is 5.72. The van der Waals surface area contributed by atoms with Crippen LogP contribution in [-0.2, 0) is 21.4 Å². The molecule has 1 amide bonds. The molecule has 3 aliphatic heterocycles. The van der Waals surface area contributed by atoms with Gasteiger partial charge < -0.3 is 19.6 Å². The molecule has 38 heavy (non-hydrogen) atoms. The molecule has 0 atom stereocenters. The molecule has 10 nitrogen and oxygen atoms in total. The van der Waals surface area contributed by atoms with E-state index >= 15 is 0 Å². The van der Waals surface area contributed by atoms with Gasteiger partial charge in [0.1, 0.15) is 0 Å². The van der Waals surface area contributed by atoms with Gasteiger partial charge in [-0.3, -0.25) is 9.69 Å². The second kappa shape index (κ2) is 12.0. The molecule has 0 aliphatic carbocycles. The van der Waals surface area contributed by atoms with Crippen LogP contribution in [0.25, 0.3) is 6.08 Å². The molecular formula is C28H38N6O4. The van der Waals surface area contributed by atoms with Crippen molar-refractivity contribution in [2.75, 3.05) is 60.6 Å². The molecular weight excluding hydrogens is 484 g/mol. The summed E-state index contributed by atoms with van der Waals surface area (Å²) in [5.74, 6) is -0.0527. The Morgan fingerprint density at radius 3 is 2.37 bits per heavy atom. The third-order valence-corrected chi connectivity index (χ3v) is 7.96. The summed E-state index contributed by atoms with van der Waals surface area (Å²) in [5.41, 5.74) is 2.58. The monoisotopic (exact) mass is 522 g/mol. The van der Waals surface area contributed by atoms with Gasteiger partial charge in [0.05, 0.1) is 0 Å². The first-order valence-electron chi connectivity index (χ1n) is 13.8. The average Bonchev–Trinajstić information content (AvgIpc) is 3.61. The maximum Gasteiger partial charge on any atom is 0.328 e. The SMILES string of the molecule is Cn1nc(N(CC2CCN(c3cccc(N4CCCC4)c3)CC2)C(=O)C2CCOCC2)nc1C=CC(=O)O. The predicted octanol–water partition coefficient (Wildman–Crippen LogP) is 3.19. The van der Waals surface area contributed by atoms with Gasteiger partial charge in [0.15, 0.2) is 5.82 Å². The van der Waals surface area contributed by atoms with E-state index in [0.717, 1.165) is 45.1 Å². The summed E-state index contributed by atoms with van der Waals surface area (Å²) in [6, 6.07) is 8.88. The Morgan fingerprint density at radius 2 is 1.71 bits per heavy atom. The number of carbonyl (C=O) groups is 2. The summed E-state index contributed by atoms with van der Waals surface area (Å²) in [5, 5.41) is 13.5. The third-order valence-electron chi connectivity index (χ3n) is 7.96. The van der Waals surface area contributed by atoms with Crippen LogP contribution in [-0.4, -0.2) is 77.7 Å². The number of benzene rings is 1. The van der Waals surface area contributed by atoms with Gasteiger partial charge in [-0.1, -0.05) is 6.07 Å². The van der Waals surface area contributed by atoms with Crippen molar-refractivity contribution in [1.29, 1.82) is 0 Å². The van der Waals surface area contributed by atoms with E-state index in [-0.39, 0.29) is 11.8 Å². The van der Waals surface area contributed by atoms with Crippen LogP contribution in [0.3, 0.4) is 0 Å². The van der Waals surface area contributed by atoms with Crippen molar-refractivity contribution in [3.63, 3.8) is 0 Å². The standard InChI is InChI=1S/C28H38N6O4/c1-31-25(7-8-26(35)36)29-28(30-31)34(27(37)22-11-17-38-18-12-22)20-21-9-15-33(16-10-21)24-6-4-5-23(19-24)32-13-2-3-14-32/h4-8,19,21-22H,2-3,9-18,20H2,1H3,(H,35,36). The van der Waals surface area contributed by atoms with Crippen LogP contribution in [0.1, 0.15) is 44.3 Å². The Labute approximate surface area is 223 Å². The van der Waals surface area contributed by atoms with E-state index in [9.17, 15) is 9.59 Å². The van der Waals surface area contributed by atoms with E-state index in [2.05, 4.69) is 44.1 Å². The van der Waals surface area contributed by atoms with Gasteiger partial charge in [-0.2, -0.15) is 4.98 Å². The van der Waals surface area contributed by atoms with Crippen molar-refractivity contribution >= 4 is 35.3 Å². The number of ether oxygens (including phenoxy) is 1. The lowest BCUT2D eigenvalue weighted by molar-refractivity contribution is -0.131. The molecule has 5 rings (SSSR count). The highest BCUT2D eigenvalue weighted by Crippen LogP contribution is 2.30. The van der Waals surface area contributed by atoms with Gasteiger partial charge >= 0.3 is 5.97 Å². The fraction of sp³-hybridized carbons (Fsp3) is 0.571. The maximum absolute atomic E-state index is 13.7. The molecule has 0 saturated carbocycles. The van der Waals surface area contributed by atoms with Crippen molar-refractivity contribution in [3.8, 4) is 0 Å². The van der Waals surface area contributed by atoms with Crippen molar-refractivity contribution in [3.05, 3.63) is 36.2 Å². The third kappa shape index (κ3) is 6.18. The minimum Gasteiger partial charge on any atom is -0.478 e. The summed E-state index contributed by atoms with van der Waals surface area (Å²) < 4.78 is 7.00. The molecule has 3 fully saturated rings. The van der Waals surface area contributed by atoms with E-state index in [1.165, 1.54) is 35.0 Å². The number of piperidine rings is 1. The van der Waals surface area contributed by atoms with Gasteiger partial charge in [-0.25, -0.2) is 9.48 Å². The minimum atomic E-state index is -1.05. The van der Waals surface area contributed by atoms with Crippen molar-refractivity contribution in [2.45, 2.75) is 38.5 Å². The molecule has 1 N–H and O–H groups in total. The van der Waals surface area contributed by atoms with Crippen molar-refractivity contribution in [1.82, 2.24) is 14.8 Å². The average molecular weight is 523 g/mol. The number of carboxylic acids is 1. The van der Waals surface area contributed by atoms with Crippen LogP contribution in [0.2, 0.25) is 0 Å². The molecule has 204 valence electrons. The Bertz CT molecular complexity index is 1140. The summed E-state index contributed by atoms with van der Waals surface area (Å²) in [7, 11) is 1.71. The molecule has 3 saturated heterocycles. The van der Waals surface area contributed by atoms with E-state index in [0.29, 0.717) is 50.3 Å². The largest absolute Gasteiger partial charge is 0.478 e. The van der Waals surface area contributed by atoms with Crippen LogP contribution < -0.4 is 14.7 Å². The molecule has 0 spiro atoms. The number of carboxylic acid groups (broad SMARTS) is 1. The Balaban J connectivity index is 1.28. The second-order valence-corrected chi connectivity index (χ2v) is 10.5. The Morgan fingerprint density at radius 1 is 1.05 bits per heavy atom. The number of aryl methyl sites for hydroxylation is 1. The van der Waals surface area contributed by atoms with Gasteiger partial charge in [0.2, 0.25) is 5.91 Å². The number of nitrogens with zero attached hydrogens (tertiary/aromatic N) is 6. The number of rotatable bonds is 8. The van der Waals surface area contributed by atoms with Crippen LogP contribution in [0.5, 0.6) is 0 Å². The van der Waals surface area contributed by atoms with Gasteiger partial charge in [-0.05, 0) is 68.7 Å². The zero-order valence-corrected chi connectivity index (χ0v) is 22.2. The Hall–Kier alpha value is -3.40. The van der Waals surface area contributed by atoms with E-state index in [1.807, 2.05) is 0 Å². The highest BCUT2D eigenvalue weighted by Gasteiger charge is 2.32. The van der Waals surface area contributed by atoms with Crippen LogP contribution in [0, 0.1) is 11.8 Å². The molecule has 1 aromatic carbocycles. The van der Waals surface area contributed by atoms with Gasteiger partial charge in [0, 0.05) is 76.4 Å². The second-order valence-electron chi connectivity index (χ2n) is 10.5. The lowest BCUT2D eigenvalue weighted by Gasteiger charge is -2.36. The molecule has 0 bridgehead atoms. The van der Waals surface area contributed by atoms with E-state index in [4.69, 9.17) is 9.84 Å². The number of anilines is 3.